The van der Waals surface area contributed by atoms with Gasteiger partial charge in [0.2, 0.25) is 0 Å². The van der Waals surface area contributed by atoms with Crippen molar-refractivity contribution in [2.24, 2.45) is 15.9 Å². The lowest BCUT2D eigenvalue weighted by Gasteiger charge is -2.25. The van der Waals surface area contributed by atoms with Crippen LogP contribution in [0.2, 0.25) is 0 Å². The van der Waals surface area contributed by atoms with E-state index in [9.17, 15) is 0 Å². The second-order valence-electron chi connectivity index (χ2n) is 8.83. The Balaban J connectivity index is 1.47. The maximum absolute atomic E-state index is 4.75. The quantitative estimate of drug-likeness (QED) is 0.490. The van der Waals surface area contributed by atoms with Crippen molar-refractivity contribution in [3.63, 3.8) is 0 Å². The van der Waals surface area contributed by atoms with Gasteiger partial charge in [0.15, 0.2) is 0 Å². The Kier molecular flexibility index (Phi) is 6.29. The number of aryl methyl sites for hydroxylation is 2. The lowest BCUT2D eigenvalue weighted by atomic mass is 9.87. The van der Waals surface area contributed by atoms with Gasteiger partial charge in [0, 0.05) is 37.9 Å². The van der Waals surface area contributed by atoms with Crippen molar-refractivity contribution in [1.29, 1.82) is 0 Å². The average Bonchev–Trinajstić information content (AvgIpc) is 3.17. The van der Waals surface area contributed by atoms with Crippen LogP contribution in [0, 0.1) is 19.8 Å². The summed E-state index contributed by atoms with van der Waals surface area (Å²) < 4.78 is 0. The largest absolute Gasteiger partial charge is 0.316 e. The second kappa shape index (κ2) is 9.09. The van der Waals surface area contributed by atoms with Crippen molar-refractivity contribution < 1.29 is 0 Å². The standard InChI is InChI=1S/C27H33N3/c1-18-7-8-21(12-19(18)2)14-24-17-30-27-15-22(9-10-25(24)27)26(28-4)13-20(3)23-6-5-11-29-16-23/h7-10,12,15,17,23-24,29H,3,5-6,11,13-14,16H2,1-2,4H3. The van der Waals surface area contributed by atoms with E-state index in [1.165, 1.54) is 46.2 Å². The van der Waals surface area contributed by atoms with Crippen LogP contribution in [0.25, 0.3) is 0 Å². The number of benzene rings is 2. The van der Waals surface area contributed by atoms with Crippen LogP contribution in [0.15, 0.2) is 58.5 Å². The van der Waals surface area contributed by atoms with Gasteiger partial charge in [-0.25, -0.2) is 0 Å². The number of piperidine rings is 1. The minimum atomic E-state index is 0.349. The van der Waals surface area contributed by atoms with E-state index in [2.05, 4.69) is 73.3 Å². The molecule has 0 bridgehead atoms. The zero-order valence-electron chi connectivity index (χ0n) is 18.5. The van der Waals surface area contributed by atoms with Gasteiger partial charge < -0.3 is 5.32 Å². The molecule has 4 rings (SSSR count). The minimum Gasteiger partial charge on any atom is -0.316 e. The lowest BCUT2D eigenvalue weighted by molar-refractivity contribution is 0.420. The third-order valence-electron chi connectivity index (χ3n) is 6.72. The van der Waals surface area contributed by atoms with Crippen LogP contribution in [0.3, 0.4) is 0 Å². The molecule has 0 radical (unpaired) electrons. The van der Waals surface area contributed by atoms with Gasteiger partial charge in [-0.05, 0) is 79.5 Å². The van der Waals surface area contributed by atoms with Gasteiger partial charge in [-0.15, -0.1) is 0 Å². The van der Waals surface area contributed by atoms with Gasteiger partial charge >= 0.3 is 0 Å². The van der Waals surface area contributed by atoms with E-state index >= 15 is 0 Å². The first-order chi connectivity index (χ1) is 14.5. The minimum absolute atomic E-state index is 0.349. The van der Waals surface area contributed by atoms with Crippen molar-refractivity contribution in [2.45, 2.75) is 45.4 Å². The Bertz CT molecular complexity index is 993. The molecule has 0 aromatic heterocycles. The summed E-state index contributed by atoms with van der Waals surface area (Å²) in [6.45, 7) is 10.9. The maximum atomic E-state index is 4.75. The molecule has 2 heterocycles. The van der Waals surface area contributed by atoms with Crippen LogP contribution in [-0.2, 0) is 6.42 Å². The zero-order valence-corrected chi connectivity index (χ0v) is 18.5. The van der Waals surface area contributed by atoms with Crippen LogP contribution in [0.4, 0.5) is 5.69 Å². The molecule has 0 saturated carbocycles. The summed E-state index contributed by atoms with van der Waals surface area (Å²) in [4.78, 5) is 9.36. The molecular weight excluding hydrogens is 366 g/mol. The predicted octanol–water partition coefficient (Wildman–Crippen LogP) is 5.71. The van der Waals surface area contributed by atoms with Crippen LogP contribution in [-0.4, -0.2) is 32.1 Å². The van der Waals surface area contributed by atoms with Crippen LogP contribution in [0.1, 0.15) is 53.0 Å². The number of aliphatic imine (C=N–C) groups is 2. The molecule has 0 amide bonds. The monoisotopic (exact) mass is 399 g/mol. The highest BCUT2D eigenvalue weighted by Gasteiger charge is 2.22. The van der Waals surface area contributed by atoms with Gasteiger partial charge in [0.25, 0.3) is 0 Å². The molecule has 2 atom stereocenters. The third-order valence-corrected chi connectivity index (χ3v) is 6.72. The van der Waals surface area contributed by atoms with E-state index in [4.69, 9.17) is 4.99 Å². The third kappa shape index (κ3) is 4.46. The van der Waals surface area contributed by atoms with Crippen LogP contribution < -0.4 is 5.32 Å². The van der Waals surface area contributed by atoms with Crippen molar-refractivity contribution >= 4 is 17.6 Å². The fourth-order valence-corrected chi connectivity index (χ4v) is 4.62. The van der Waals surface area contributed by atoms with E-state index in [0.29, 0.717) is 11.8 Å². The highest BCUT2D eigenvalue weighted by molar-refractivity contribution is 6.03. The topological polar surface area (TPSA) is 36.8 Å². The Hall–Kier alpha value is -2.52. The summed E-state index contributed by atoms with van der Waals surface area (Å²) in [5, 5.41) is 3.49. The van der Waals surface area contributed by atoms with Crippen molar-refractivity contribution in [3.05, 3.63) is 76.4 Å². The number of nitrogens with one attached hydrogen (secondary N) is 1. The first-order valence-electron chi connectivity index (χ1n) is 11.1. The molecule has 156 valence electrons. The van der Waals surface area contributed by atoms with Gasteiger partial charge in [0.05, 0.1) is 5.69 Å². The molecule has 3 heteroatoms. The van der Waals surface area contributed by atoms with E-state index in [-0.39, 0.29) is 0 Å². The molecule has 30 heavy (non-hydrogen) atoms. The predicted molar refractivity (Wildman–Crippen MR) is 129 cm³/mol. The van der Waals surface area contributed by atoms with E-state index in [0.717, 1.165) is 37.3 Å². The highest BCUT2D eigenvalue weighted by atomic mass is 14.9. The summed E-state index contributed by atoms with van der Waals surface area (Å²) in [5.74, 6) is 0.909. The van der Waals surface area contributed by atoms with Gasteiger partial charge in [0.1, 0.15) is 0 Å². The molecule has 2 unspecified atom stereocenters. The van der Waals surface area contributed by atoms with Crippen molar-refractivity contribution in [3.8, 4) is 0 Å². The molecule has 2 aromatic carbocycles. The maximum Gasteiger partial charge on any atom is 0.0671 e. The van der Waals surface area contributed by atoms with Gasteiger partial charge in [-0.1, -0.05) is 42.5 Å². The Morgan fingerprint density at radius 3 is 2.77 bits per heavy atom. The van der Waals surface area contributed by atoms with Crippen LogP contribution >= 0.6 is 0 Å². The lowest BCUT2D eigenvalue weighted by Crippen LogP contribution is -2.31. The molecule has 3 nitrogen and oxygen atoms in total. The summed E-state index contributed by atoms with van der Waals surface area (Å²) in [6, 6.07) is 13.5. The fraction of sp³-hybridized carbons (Fsp3) is 0.407. The Morgan fingerprint density at radius 2 is 2.03 bits per heavy atom. The molecule has 2 aliphatic heterocycles. The first-order valence-corrected chi connectivity index (χ1v) is 11.1. The summed E-state index contributed by atoms with van der Waals surface area (Å²) in [6.07, 6.45) is 6.42. The van der Waals surface area contributed by atoms with Gasteiger partial charge in [-0.3, -0.25) is 9.98 Å². The summed E-state index contributed by atoms with van der Waals surface area (Å²) in [5.41, 5.74) is 10.1. The molecule has 1 saturated heterocycles. The molecule has 1 fully saturated rings. The summed E-state index contributed by atoms with van der Waals surface area (Å²) >= 11 is 0. The Labute approximate surface area is 181 Å². The zero-order chi connectivity index (χ0) is 21.1. The number of fused-ring (bicyclic) bond motifs is 1. The van der Waals surface area contributed by atoms with Crippen LogP contribution in [0.5, 0.6) is 0 Å². The molecule has 0 aliphatic carbocycles. The number of hydrogen-bond acceptors (Lipinski definition) is 3. The molecule has 0 spiro atoms. The van der Waals surface area contributed by atoms with E-state index < -0.39 is 0 Å². The van der Waals surface area contributed by atoms with Crippen molar-refractivity contribution in [2.75, 3.05) is 20.1 Å². The smallest absolute Gasteiger partial charge is 0.0671 e. The normalized spacial score (nSPS) is 21.0. The molecule has 2 aliphatic rings. The number of rotatable bonds is 6. The van der Waals surface area contributed by atoms with E-state index in [1.807, 2.05) is 7.05 Å². The van der Waals surface area contributed by atoms with Crippen molar-refractivity contribution in [1.82, 2.24) is 5.32 Å². The second-order valence-corrected chi connectivity index (χ2v) is 8.83. The molecule has 2 aromatic rings. The average molecular weight is 400 g/mol. The number of hydrogen-bond donors (Lipinski definition) is 1. The number of nitrogens with zero attached hydrogens (tertiary/aromatic N) is 2. The Morgan fingerprint density at radius 1 is 1.17 bits per heavy atom. The molecular formula is C27H33N3. The molecule has 1 N–H and O–H groups in total. The summed E-state index contributed by atoms with van der Waals surface area (Å²) in [7, 11) is 1.89. The SMILES string of the molecule is C=C(CC(=NC)c1ccc2c(c1)N=CC2Cc1ccc(C)c(C)c1)C1CCCNC1. The highest BCUT2D eigenvalue weighted by Crippen LogP contribution is 2.36. The van der Waals surface area contributed by atoms with Gasteiger partial charge in [-0.2, -0.15) is 0 Å². The first kappa shape index (κ1) is 20.7. The van der Waals surface area contributed by atoms with E-state index in [1.54, 1.807) is 0 Å². The fourth-order valence-electron chi connectivity index (χ4n) is 4.62.